The highest BCUT2D eigenvalue weighted by molar-refractivity contribution is 5.90. The first-order valence-corrected chi connectivity index (χ1v) is 8.68. The minimum atomic E-state index is -0.489. The van der Waals surface area contributed by atoms with Crippen LogP contribution in [0.2, 0.25) is 0 Å². The van der Waals surface area contributed by atoms with Crippen molar-refractivity contribution in [2.75, 3.05) is 0 Å². The summed E-state index contributed by atoms with van der Waals surface area (Å²) >= 11 is 0. The number of carbonyl (C=O) groups excluding carboxylic acids is 1. The number of nitrogens with one attached hydrogen (secondary N) is 1. The standard InChI is InChI=1S/C22H25NO2/c1-15-8-7-10-16-12-18(13-20(15)16)19-11-6-5-9-17(19)14-23-21(24)25-22(2,3)4/h5-12H,13-14H2,1-4H3,(H,23,24). The number of carbonyl (C=O) groups is 1. The molecule has 0 aromatic heterocycles. The number of fused-ring (bicyclic) bond motifs is 1. The summed E-state index contributed by atoms with van der Waals surface area (Å²) in [6.07, 6.45) is 2.81. The second kappa shape index (κ2) is 6.75. The number of hydrogen-bond donors (Lipinski definition) is 1. The quantitative estimate of drug-likeness (QED) is 0.846. The Morgan fingerprint density at radius 3 is 2.60 bits per heavy atom. The molecule has 1 amide bonds. The topological polar surface area (TPSA) is 38.3 Å². The molecule has 3 rings (SSSR count). The highest BCUT2D eigenvalue weighted by atomic mass is 16.6. The molecule has 0 radical (unpaired) electrons. The van der Waals surface area contributed by atoms with Gasteiger partial charge in [-0.2, -0.15) is 0 Å². The Kier molecular flexibility index (Phi) is 4.67. The minimum Gasteiger partial charge on any atom is -0.444 e. The molecule has 0 saturated carbocycles. The molecule has 0 unspecified atom stereocenters. The lowest BCUT2D eigenvalue weighted by molar-refractivity contribution is 0.0523. The summed E-state index contributed by atoms with van der Waals surface area (Å²) in [4.78, 5) is 11.9. The fraction of sp³-hybridized carbons (Fsp3) is 0.318. The lowest BCUT2D eigenvalue weighted by Crippen LogP contribution is -2.32. The van der Waals surface area contributed by atoms with E-state index in [9.17, 15) is 4.79 Å². The second-order valence-corrected chi connectivity index (χ2v) is 7.50. The number of benzene rings is 2. The maximum Gasteiger partial charge on any atom is 0.407 e. The molecule has 1 aliphatic rings. The molecular weight excluding hydrogens is 310 g/mol. The van der Waals surface area contributed by atoms with Gasteiger partial charge in [-0.3, -0.25) is 0 Å². The van der Waals surface area contributed by atoms with Crippen LogP contribution in [-0.2, 0) is 17.7 Å². The van der Waals surface area contributed by atoms with Gasteiger partial charge in [0.25, 0.3) is 0 Å². The van der Waals surface area contributed by atoms with Gasteiger partial charge >= 0.3 is 6.09 Å². The molecule has 1 aliphatic carbocycles. The Morgan fingerprint density at radius 1 is 1.12 bits per heavy atom. The van der Waals surface area contributed by atoms with E-state index < -0.39 is 5.60 Å². The summed E-state index contributed by atoms with van der Waals surface area (Å²) < 4.78 is 5.33. The highest BCUT2D eigenvalue weighted by Gasteiger charge is 2.19. The number of rotatable bonds is 3. The van der Waals surface area contributed by atoms with Crippen LogP contribution in [0.4, 0.5) is 4.79 Å². The number of hydrogen-bond acceptors (Lipinski definition) is 2. The van der Waals surface area contributed by atoms with Gasteiger partial charge in [-0.25, -0.2) is 4.79 Å². The molecule has 25 heavy (non-hydrogen) atoms. The number of aryl methyl sites for hydroxylation is 1. The van der Waals surface area contributed by atoms with E-state index in [-0.39, 0.29) is 6.09 Å². The van der Waals surface area contributed by atoms with Crippen LogP contribution in [0, 0.1) is 6.92 Å². The highest BCUT2D eigenvalue weighted by Crippen LogP contribution is 2.34. The van der Waals surface area contributed by atoms with Crippen molar-refractivity contribution in [2.45, 2.75) is 46.3 Å². The van der Waals surface area contributed by atoms with Gasteiger partial charge in [-0.1, -0.05) is 48.5 Å². The molecule has 2 aromatic rings. The van der Waals surface area contributed by atoms with E-state index in [1.807, 2.05) is 32.9 Å². The van der Waals surface area contributed by atoms with Crippen LogP contribution in [-0.4, -0.2) is 11.7 Å². The normalized spacial score (nSPS) is 13.2. The zero-order valence-electron chi connectivity index (χ0n) is 15.3. The Bertz CT molecular complexity index is 828. The van der Waals surface area contributed by atoms with Crippen molar-refractivity contribution in [3.8, 4) is 0 Å². The predicted octanol–water partition coefficient (Wildman–Crippen LogP) is 5.12. The fourth-order valence-corrected chi connectivity index (χ4v) is 3.17. The van der Waals surface area contributed by atoms with Crippen molar-refractivity contribution in [1.82, 2.24) is 5.32 Å². The van der Waals surface area contributed by atoms with Gasteiger partial charge in [-0.15, -0.1) is 0 Å². The molecule has 0 aliphatic heterocycles. The zero-order chi connectivity index (χ0) is 18.0. The first kappa shape index (κ1) is 17.3. The van der Waals surface area contributed by atoms with Crippen molar-refractivity contribution in [1.29, 1.82) is 0 Å². The van der Waals surface area contributed by atoms with Crippen LogP contribution >= 0.6 is 0 Å². The average molecular weight is 335 g/mol. The monoisotopic (exact) mass is 335 g/mol. The maximum atomic E-state index is 11.9. The first-order chi connectivity index (χ1) is 11.8. The Hall–Kier alpha value is -2.55. The molecule has 3 heteroatoms. The van der Waals surface area contributed by atoms with Crippen LogP contribution in [0.5, 0.6) is 0 Å². The fourth-order valence-electron chi connectivity index (χ4n) is 3.17. The average Bonchev–Trinajstić information content (AvgIpc) is 2.97. The largest absolute Gasteiger partial charge is 0.444 e. The summed E-state index contributed by atoms with van der Waals surface area (Å²) in [5.74, 6) is 0. The van der Waals surface area contributed by atoms with Crippen molar-refractivity contribution >= 4 is 17.7 Å². The molecule has 0 fully saturated rings. The zero-order valence-corrected chi connectivity index (χ0v) is 15.3. The van der Waals surface area contributed by atoms with Gasteiger partial charge in [0.15, 0.2) is 0 Å². The van der Waals surface area contributed by atoms with E-state index in [0.29, 0.717) is 6.54 Å². The molecule has 0 bridgehead atoms. The van der Waals surface area contributed by atoms with Gasteiger partial charge < -0.3 is 10.1 Å². The second-order valence-electron chi connectivity index (χ2n) is 7.50. The Labute approximate surface area is 149 Å². The molecule has 1 N–H and O–H groups in total. The van der Waals surface area contributed by atoms with Crippen LogP contribution in [0.3, 0.4) is 0 Å². The third-order valence-electron chi connectivity index (χ3n) is 4.33. The van der Waals surface area contributed by atoms with E-state index in [2.05, 4.69) is 48.6 Å². The molecule has 0 spiro atoms. The third-order valence-corrected chi connectivity index (χ3v) is 4.33. The van der Waals surface area contributed by atoms with Crippen molar-refractivity contribution in [3.63, 3.8) is 0 Å². The molecule has 0 atom stereocenters. The predicted molar refractivity (Wildman–Crippen MR) is 102 cm³/mol. The van der Waals surface area contributed by atoms with Gasteiger partial charge in [0.2, 0.25) is 0 Å². The van der Waals surface area contributed by atoms with Gasteiger partial charge in [-0.05, 0) is 67.5 Å². The Morgan fingerprint density at radius 2 is 1.88 bits per heavy atom. The lowest BCUT2D eigenvalue weighted by Gasteiger charge is -2.20. The number of ether oxygens (including phenoxy) is 1. The molecule has 3 nitrogen and oxygen atoms in total. The van der Waals surface area contributed by atoms with Gasteiger partial charge in [0.05, 0.1) is 0 Å². The third kappa shape index (κ3) is 4.11. The van der Waals surface area contributed by atoms with Crippen LogP contribution in [0.1, 0.15) is 48.6 Å². The van der Waals surface area contributed by atoms with E-state index in [0.717, 1.165) is 12.0 Å². The number of amides is 1. The summed E-state index contributed by atoms with van der Waals surface area (Å²) in [5, 5.41) is 2.86. The van der Waals surface area contributed by atoms with Crippen molar-refractivity contribution in [3.05, 3.63) is 70.3 Å². The summed E-state index contributed by atoms with van der Waals surface area (Å²) in [7, 11) is 0. The van der Waals surface area contributed by atoms with Gasteiger partial charge in [0, 0.05) is 6.54 Å². The summed E-state index contributed by atoms with van der Waals surface area (Å²) in [6.45, 7) is 8.21. The molecular formula is C22H25NO2. The number of allylic oxidation sites excluding steroid dienone is 1. The van der Waals surface area contributed by atoms with Crippen LogP contribution < -0.4 is 5.32 Å². The van der Waals surface area contributed by atoms with Crippen LogP contribution in [0.15, 0.2) is 42.5 Å². The van der Waals surface area contributed by atoms with E-state index >= 15 is 0 Å². The van der Waals surface area contributed by atoms with E-state index in [4.69, 9.17) is 4.74 Å². The maximum absolute atomic E-state index is 11.9. The SMILES string of the molecule is Cc1cccc2c1CC(c1ccccc1CNC(=O)OC(C)(C)C)=C2. The molecule has 0 saturated heterocycles. The minimum absolute atomic E-state index is 0.387. The van der Waals surface area contributed by atoms with Gasteiger partial charge in [0.1, 0.15) is 5.60 Å². The molecule has 130 valence electrons. The first-order valence-electron chi connectivity index (χ1n) is 8.68. The Balaban J connectivity index is 1.77. The lowest BCUT2D eigenvalue weighted by atomic mass is 9.97. The molecule has 0 heterocycles. The number of alkyl carbamates (subject to hydrolysis) is 1. The molecule has 2 aromatic carbocycles. The van der Waals surface area contributed by atoms with Crippen molar-refractivity contribution < 1.29 is 9.53 Å². The van der Waals surface area contributed by atoms with E-state index in [1.165, 1.54) is 27.8 Å². The smallest absolute Gasteiger partial charge is 0.407 e. The van der Waals surface area contributed by atoms with Crippen LogP contribution in [0.25, 0.3) is 11.6 Å². The summed E-state index contributed by atoms with van der Waals surface area (Å²) in [6, 6.07) is 14.7. The van der Waals surface area contributed by atoms with Crippen molar-refractivity contribution in [2.24, 2.45) is 0 Å². The van der Waals surface area contributed by atoms with E-state index in [1.54, 1.807) is 0 Å². The summed E-state index contributed by atoms with van der Waals surface area (Å²) in [5.41, 5.74) is 7.12.